The predicted molar refractivity (Wildman–Crippen MR) is 124 cm³/mol. The van der Waals surface area contributed by atoms with E-state index in [2.05, 4.69) is 10.3 Å². The third kappa shape index (κ3) is 3.66. The van der Waals surface area contributed by atoms with Crippen molar-refractivity contribution in [2.75, 3.05) is 0 Å². The molecule has 1 fully saturated rings. The molecular weight excluding hydrogens is 424 g/mol. The number of imidazole rings is 1. The standard InChI is InChI=1S/C25H27ClN4O2/c1-25(24(32)27-19-7-3-2-4-8-19)16-29-21-10-6-5-9-20(21)28-22(29)23(31)30(25)15-17-11-13-18(26)14-12-17/h5-6,9-14,19H,2-4,7-8,15-16H2,1H3,(H,27,32)/t25-/m1/s1. The summed E-state index contributed by atoms with van der Waals surface area (Å²) in [5.41, 5.74) is 1.52. The predicted octanol–water partition coefficient (Wildman–Crippen LogP) is 4.55. The maximum Gasteiger partial charge on any atom is 0.291 e. The van der Waals surface area contributed by atoms with E-state index in [-0.39, 0.29) is 17.9 Å². The monoisotopic (exact) mass is 450 g/mol. The van der Waals surface area contributed by atoms with Crippen molar-refractivity contribution in [3.8, 4) is 0 Å². The lowest BCUT2D eigenvalue weighted by molar-refractivity contribution is -0.134. The number of carbonyl (C=O) groups is 2. The number of aromatic nitrogens is 2. The van der Waals surface area contributed by atoms with Crippen molar-refractivity contribution in [2.45, 2.75) is 63.7 Å². The van der Waals surface area contributed by atoms with Crippen molar-refractivity contribution in [3.05, 3.63) is 64.9 Å². The number of nitrogens with one attached hydrogen (secondary N) is 1. The second-order valence-electron chi connectivity index (χ2n) is 9.11. The number of hydrogen-bond donors (Lipinski definition) is 1. The summed E-state index contributed by atoms with van der Waals surface area (Å²) in [5.74, 6) is 0.0435. The van der Waals surface area contributed by atoms with Crippen molar-refractivity contribution < 1.29 is 9.59 Å². The van der Waals surface area contributed by atoms with Gasteiger partial charge in [-0.2, -0.15) is 0 Å². The average molecular weight is 451 g/mol. The van der Waals surface area contributed by atoms with Crippen LogP contribution in [0.5, 0.6) is 0 Å². The third-order valence-corrected chi connectivity index (χ3v) is 7.09. The lowest BCUT2D eigenvalue weighted by Crippen LogP contribution is -2.64. The van der Waals surface area contributed by atoms with E-state index >= 15 is 0 Å². The molecule has 1 saturated carbocycles. The van der Waals surface area contributed by atoms with Crippen LogP contribution in [0, 0.1) is 0 Å². The van der Waals surface area contributed by atoms with Crippen molar-refractivity contribution in [1.29, 1.82) is 0 Å². The smallest absolute Gasteiger partial charge is 0.291 e. The number of carbonyl (C=O) groups excluding carboxylic acids is 2. The second kappa shape index (κ2) is 8.24. The van der Waals surface area contributed by atoms with E-state index in [4.69, 9.17) is 11.6 Å². The Labute approximate surface area is 192 Å². The number of halogens is 1. The van der Waals surface area contributed by atoms with Crippen molar-refractivity contribution in [2.24, 2.45) is 0 Å². The molecule has 7 heteroatoms. The highest BCUT2D eigenvalue weighted by molar-refractivity contribution is 6.30. The van der Waals surface area contributed by atoms with Crippen molar-refractivity contribution >= 4 is 34.4 Å². The molecule has 2 aliphatic rings. The lowest BCUT2D eigenvalue weighted by Gasteiger charge is -2.44. The summed E-state index contributed by atoms with van der Waals surface area (Å²) in [4.78, 5) is 33.7. The van der Waals surface area contributed by atoms with Crippen molar-refractivity contribution in [3.63, 3.8) is 0 Å². The molecule has 1 aromatic heterocycles. The summed E-state index contributed by atoms with van der Waals surface area (Å²) >= 11 is 6.05. The molecule has 1 aliphatic heterocycles. The van der Waals surface area contributed by atoms with Crippen LogP contribution in [-0.2, 0) is 17.9 Å². The first kappa shape index (κ1) is 21.0. The van der Waals surface area contributed by atoms with Crippen LogP contribution in [0.1, 0.15) is 55.2 Å². The maximum atomic E-state index is 13.7. The number of nitrogens with zero attached hydrogens (tertiary/aromatic N) is 3. The Bertz CT molecular complexity index is 1170. The van der Waals surface area contributed by atoms with Gasteiger partial charge in [0.1, 0.15) is 5.54 Å². The number of rotatable bonds is 4. The largest absolute Gasteiger partial charge is 0.351 e. The molecule has 1 aliphatic carbocycles. The van der Waals surface area contributed by atoms with Gasteiger partial charge in [0.25, 0.3) is 5.91 Å². The molecule has 0 unspecified atom stereocenters. The van der Waals surface area contributed by atoms with E-state index in [1.54, 1.807) is 17.0 Å². The number of fused-ring (bicyclic) bond motifs is 3. The van der Waals surface area contributed by atoms with Crippen LogP contribution in [0.15, 0.2) is 48.5 Å². The SMILES string of the molecule is C[C@]1(C(=O)NC2CCCCC2)Cn2c(nc3ccccc32)C(=O)N1Cc1ccc(Cl)cc1. The Morgan fingerprint density at radius 1 is 1.12 bits per heavy atom. The minimum atomic E-state index is -1.04. The summed E-state index contributed by atoms with van der Waals surface area (Å²) in [6.07, 6.45) is 5.46. The summed E-state index contributed by atoms with van der Waals surface area (Å²) in [6.45, 7) is 2.55. The first-order valence-corrected chi connectivity index (χ1v) is 11.7. The molecule has 5 rings (SSSR count). The first-order chi connectivity index (χ1) is 15.5. The molecule has 2 heterocycles. The van der Waals surface area contributed by atoms with Gasteiger partial charge in [0.2, 0.25) is 5.91 Å². The first-order valence-electron chi connectivity index (χ1n) is 11.3. The number of hydrogen-bond acceptors (Lipinski definition) is 3. The van der Waals surface area contributed by atoms with Gasteiger partial charge in [-0.25, -0.2) is 4.98 Å². The van der Waals surface area contributed by atoms with E-state index in [0.29, 0.717) is 23.9 Å². The van der Waals surface area contributed by atoms with Crippen molar-refractivity contribution in [1.82, 2.24) is 19.8 Å². The molecule has 6 nitrogen and oxygen atoms in total. The summed E-state index contributed by atoms with van der Waals surface area (Å²) in [6, 6.07) is 15.3. The fourth-order valence-electron chi connectivity index (χ4n) is 4.94. The average Bonchev–Trinajstić information content (AvgIpc) is 3.17. The molecule has 2 amide bonds. The molecule has 166 valence electrons. The zero-order chi connectivity index (χ0) is 22.3. The molecule has 0 spiro atoms. The quantitative estimate of drug-likeness (QED) is 0.633. The minimum absolute atomic E-state index is 0.102. The van der Waals surface area contributed by atoms with Gasteiger partial charge in [0.05, 0.1) is 17.6 Å². The van der Waals surface area contributed by atoms with E-state index in [1.165, 1.54) is 6.42 Å². The minimum Gasteiger partial charge on any atom is -0.351 e. The van der Waals surface area contributed by atoms with Gasteiger partial charge in [-0.1, -0.05) is 55.1 Å². The van der Waals surface area contributed by atoms with Crippen LogP contribution in [0.3, 0.4) is 0 Å². The molecule has 0 saturated heterocycles. The van der Waals surface area contributed by atoms with Gasteiger partial charge in [0, 0.05) is 17.6 Å². The van der Waals surface area contributed by atoms with Gasteiger partial charge in [-0.3, -0.25) is 9.59 Å². The van der Waals surface area contributed by atoms with E-state index < -0.39 is 5.54 Å². The summed E-state index contributed by atoms with van der Waals surface area (Å²) in [7, 11) is 0. The molecule has 0 bridgehead atoms. The van der Waals surface area contributed by atoms with Crippen LogP contribution in [0.25, 0.3) is 11.0 Å². The van der Waals surface area contributed by atoms with Gasteiger partial charge in [-0.15, -0.1) is 0 Å². The molecule has 0 radical (unpaired) electrons. The fourth-order valence-corrected chi connectivity index (χ4v) is 5.06. The van der Waals surface area contributed by atoms with Gasteiger partial charge >= 0.3 is 0 Å². The zero-order valence-corrected chi connectivity index (χ0v) is 18.9. The Hall–Kier alpha value is -2.86. The highest BCUT2D eigenvalue weighted by Gasteiger charge is 2.48. The molecule has 1 N–H and O–H groups in total. The molecule has 32 heavy (non-hydrogen) atoms. The number of amides is 2. The Morgan fingerprint density at radius 3 is 2.59 bits per heavy atom. The zero-order valence-electron chi connectivity index (χ0n) is 18.2. The van der Waals surface area contributed by atoms with Crippen LogP contribution in [-0.4, -0.2) is 37.8 Å². The van der Waals surface area contributed by atoms with Crippen LogP contribution < -0.4 is 5.32 Å². The van der Waals surface area contributed by atoms with Crippen LogP contribution >= 0.6 is 11.6 Å². The maximum absolute atomic E-state index is 13.7. The van der Waals surface area contributed by atoms with E-state index in [1.807, 2.05) is 47.9 Å². The van der Waals surface area contributed by atoms with Crippen LogP contribution in [0.4, 0.5) is 0 Å². The second-order valence-corrected chi connectivity index (χ2v) is 9.55. The van der Waals surface area contributed by atoms with Gasteiger partial charge in [0.15, 0.2) is 5.82 Å². The molecular formula is C25H27ClN4O2. The van der Waals surface area contributed by atoms with E-state index in [0.717, 1.165) is 42.3 Å². The topological polar surface area (TPSA) is 67.2 Å². The third-order valence-electron chi connectivity index (χ3n) is 6.84. The highest BCUT2D eigenvalue weighted by Crippen LogP contribution is 2.32. The normalized spacial score (nSPS) is 21.6. The molecule has 1 atom stereocenters. The summed E-state index contributed by atoms with van der Waals surface area (Å²) in [5, 5.41) is 3.90. The Morgan fingerprint density at radius 2 is 1.84 bits per heavy atom. The number of benzene rings is 2. The fraction of sp³-hybridized carbons (Fsp3) is 0.400. The van der Waals surface area contributed by atoms with Crippen LogP contribution in [0.2, 0.25) is 5.02 Å². The van der Waals surface area contributed by atoms with Gasteiger partial charge < -0.3 is 14.8 Å². The highest BCUT2D eigenvalue weighted by atomic mass is 35.5. The molecule has 2 aromatic carbocycles. The Kier molecular flexibility index (Phi) is 5.41. The van der Waals surface area contributed by atoms with Gasteiger partial charge in [-0.05, 0) is 49.6 Å². The lowest BCUT2D eigenvalue weighted by atomic mass is 9.91. The molecule has 3 aromatic rings. The number of para-hydroxylation sites is 2. The Balaban J connectivity index is 1.54. The van der Waals surface area contributed by atoms with E-state index in [9.17, 15) is 9.59 Å². The summed E-state index contributed by atoms with van der Waals surface area (Å²) < 4.78 is 1.90.